The summed E-state index contributed by atoms with van der Waals surface area (Å²) in [5.41, 5.74) is 7.51. The average molecular weight is 418 g/mol. The minimum absolute atomic E-state index is 0. The van der Waals surface area contributed by atoms with Gasteiger partial charge in [-0.3, -0.25) is 10.2 Å². The van der Waals surface area contributed by atoms with E-state index < -0.39 is 0 Å². The van der Waals surface area contributed by atoms with Gasteiger partial charge in [0, 0.05) is 34.9 Å². The van der Waals surface area contributed by atoms with E-state index >= 15 is 0 Å². The minimum atomic E-state index is -0.164. The van der Waals surface area contributed by atoms with E-state index in [0.29, 0.717) is 18.5 Å². The molecule has 0 bridgehead atoms. The fourth-order valence-electron chi connectivity index (χ4n) is 3.50. The highest BCUT2D eigenvalue weighted by molar-refractivity contribution is 9.10. The molecule has 2 heterocycles. The fraction of sp³-hybridized carbons (Fsp3) is 0.588. The highest BCUT2D eigenvalue weighted by Gasteiger charge is 2.41. The van der Waals surface area contributed by atoms with Crippen LogP contribution in [0.15, 0.2) is 28.7 Å². The third kappa shape index (κ3) is 4.11. The molecule has 2 aliphatic rings. The number of carbonyl (C=O) groups excluding carboxylic acids is 1. The molecule has 134 valence electrons. The van der Waals surface area contributed by atoms with Gasteiger partial charge < -0.3 is 10.6 Å². The average Bonchev–Trinajstić information content (AvgIpc) is 2.97. The van der Waals surface area contributed by atoms with Crippen molar-refractivity contribution in [1.82, 2.24) is 21.5 Å². The third-order valence-corrected chi connectivity index (χ3v) is 5.66. The molecule has 2 saturated heterocycles. The number of hydrogen-bond acceptors (Lipinski definition) is 4. The molecule has 2 aliphatic heterocycles. The molecule has 3 rings (SSSR count). The molecule has 3 atom stereocenters. The van der Waals surface area contributed by atoms with E-state index in [2.05, 4.69) is 57.3 Å². The van der Waals surface area contributed by atoms with E-state index in [-0.39, 0.29) is 29.8 Å². The van der Waals surface area contributed by atoms with Crippen LogP contribution in [0.25, 0.3) is 0 Å². The van der Waals surface area contributed by atoms with Crippen LogP contribution in [0.5, 0.6) is 0 Å². The maximum Gasteiger partial charge on any atom is 0.238 e. The van der Waals surface area contributed by atoms with Crippen LogP contribution < -0.4 is 21.5 Å². The van der Waals surface area contributed by atoms with Gasteiger partial charge in [0.25, 0.3) is 0 Å². The Morgan fingerprint density at radius 2 is 2.08 bits per heavy atom. The largest absolute Gasteiger partial charge is 0.354 e. The Kier molecular flexibility index (Phi) is 6.67. The minimum Gasteiger partial charge on any atom is -0.354 e. The summed E-state index contributed by atoms with van der Waals surface area (Å²) in [5, 5.41) is 6.51. The number of amides is 1. The molecular weight excluding hydrogens is 392 g/mol. The van der Waals surface area contributed by atoms with Crippen molar-refractivity contribution in [1.29, 1.82) is 0 Å². The van der Waals surface area contributed by atoms with Crippen molar-refractivity contribution in [2.24, 2.45) is 5.92 Å². The van der Waals surface area contributed by atoms with Crippen LogP contribution in [0, 0.1) is 5.92 Å². The zero-order valence-corrected chi connectivity index (χ0v) is 16.5. The first-order valence-corrected chi connectivity index (χ1v) is 9.03. The Morgan fingerprint density at radius 3 is 2.83 bits per heavy atom. The van der Waals surface area contributed by atoms with Crippen LogP contribution >= 0.6 is 28.3 Å². The lowest BCUT2D eigenvalue weighted by atomic mass is 9.84. The molecular formula is C17H26BrClN4O. The highest BCUT2D eigenvalue weighted by atomic mass is 79.9. The SMILES string of the molecule is CC(C)(CNC(=O)C1NNC2CCNCC21)c1ccccc1Br.Cl. The first-order valence-electron chi connectivity index (χ1n) is 8.23. The standard InChI is InChI=1S/C17H25BrN4O.ClH/c1-17(2,12-5-3-4-6-13(12)18)10-20-16(23)15-11-9-19-8-7-14(11)21-22-15;/h3-6,11,14-15,19,21-22H,7-10H2,1-2H3,(H,20,23);1H. The number of hydrogen-bond donors (Lipinski definition) is 4. The van der Waals surface area contributed by atoms with Crippen LogP contribution in [0.1, 0.15) is 25.8 Å². The number of rotatable bonds is 4. The van der Waals surface area contributed by atoms with Crippen molar-refractivity contribution in [2.75, 3.05) is 19.6 Å². The second-order valence-corrected chi connectivity index (χ2v) is 7.97. The predicted octanol–water partition coefficient (Wildman–Crippen LogP) is 1.72. The topological polar surface area (TPSA) is 65.2 Å². The van der Waals surface area contributed by atoms with Crippen molar-refractivity contribution in [3.8, 4) is 0 Å². The van der Waals surface area contributed by atoms with E-state index in [1.807, 2.05) is 18.2 Å². The Morgan fingerprint density at radius 1 is 1.33 bits per heavy atom. The van der Waals surface area contributed by atoms with Crippen molar-refractivity contribution in [3.63, 3.8) is 0 Å². The van der Waals surface area contributed by atoms with Crippen LogP contribution in [0.4, 0.5) is 0 Å². The van der Waals surface area contributed by atoms with E-state index in [1.54, 1.807) is 0 Å². The lowest BCUT2D eigenvalue weighted by Crippen LogP contribution is -2.51. The van der Waals surface area contributed by atoms with Gasteiger partial charge in [0.05, 0.1) is 0 Å². The van der Waals surface area contributed by atoms with E-state index in [1.165, 1.54) is 5.56 Å². The molecule has 0 radical (unpaired) electrons. The fourth-order valence-corrected chi connectivity index (χ4v) is 4.32. The van der Waals surface area contributed by atoms with Crippen molar-refractivity contribution < 1.29 is 4.79 Å². The van der Waals surface area contributed by atoms with Gasteiger partial charge in [0.15, 0.2) is 0 Å². The van der Waals surface area contributed by atoms with E-state index in [0.717, 1.165) is 24.0 Å². The molecule has 1 aromatic carbocycles. The summed E-state index contributed by atoms with van der Waals surface area (Å²) in [6.07, 6.45) is 1.06. The highest BCUT2D eigenvalue weighted by Crippen LogP contribution is 2.29. The lowest BCUT2D eigenvalue weighted by molar-refractivity contribution is -0.124. The van der Waals surface area contributed by atoms with Crippen LogP contribution in [-0.2, 0) is 10.2 Å². The quantitative estimate of drug-likeness (QED) is 0.602. The molecule has 1 amide bonds. The van der Waals surface area contributed by atoms with Gasteiger partial charge in [-0.2, -0.15) is 0 Å². The van der Waals surface area contributed by atoms with Gasteiger partial charge in [0.1, 0.15) is 6.04 Å². The van der Waals surface area contributed by atoms with Gasteiger partial charge in [0.2, 0.25) is 5.91 Å². The zero-order chi connectivity index (χ0) is 16.4. The number of benzene rings is 1. The van der Waals surface area contributed by atoms with E-state index in [9.17, 15) is 4.79 Å². The summed E-state index contributed by atoms with van der Waals surface area (Å²) in [7, 11) is 0. The molecule has 0 spiro atoms. The number of hydrazine groups is 1. The second kappa shape index (κ2) is 8.15. The smallest absolute Gasteiger partial charge is 0.238 e. The summed E-state index contributed by atoms with van der Waals surface area (Å²) in [6, 6.07) is 8.41. The number of piperidine rings is 1. The molecule has 1 aromatic rings. The summed E-state index contributed by atoms with van der Waals surface area (Å²) in [5.74, 6) is 0.393. The maximum absolute atomic E-state index is 12.6. The van der Waals surface area contributed by atoms with E-state index in [4.69, 9.17) is 0 Å². The zero-order valence-electron chi connectivity index (χ0n) is 14.1. The molecule has 0 saturated carbocycles. The Labute approximate surface area is 158 Å². The van der Waals surface area contributed by atoms with Gasteiger partial charge in [-0.25, -0.2) is 5.43 Å². The van der Waals surface area contributed by atoms with Crippen molar-refractivity contribution in [2.45, 2.75) is 37.8 Å². The first kappa shape index (κ1) is 19.7. The van der Waals surface area contributed by atoms with Crippen LogP contribution in [-0.4, -0.2) is 37.6 Å². The van der Waals surface area contributed by atoms with Crippen molar-refractivity contribution >= 4 is 34.2 Å². The van der Waals surface area contributed by atoms with Crippen LogP contribution in [0.2, 0.25) is 0 Å². The molecule has 5 nitrogen and oxygen atoms in total. The molecule has 7 heteroatoms. The van der Waals surface area contributed by atoms with Crippen LogP contribution in [0.3, 0.4) is 0 Å². The summed E-state index contributed by atoms with van der Waals surface area (Å²) in [6.45, 7) is 6.81. The predicted molar refractivity (Wildman–Crippen MR) is 102 cm³/mol. The number of nitrogens with one attached hydrogen (secondary N) is 4. The van der Waals surface area contributed by atoms with Crippen molar-refractivity contribution in [3.05, 3.63) is 34.3 Å². The maximum atomic E-state index is 12.6. The Hall–Kier alpha value is -0.660. The number of carbonyl (C=O) groups is 1. The first-order chi connectivity index (χ1) is 11.0. The third-order valence-electron chi connectivity index (χ3n) is 4.97. The van der Waals surface area contributed by atoms with Gasteiger partial charge in [-0.15, -0.1) is 12.4 Å². The van der Waals surface area contributed by atoms with Gasteiger partial charge >= 0.3 is 0 Å². The normalized spacial score (nSPS) is 26.4. The van der Waals surface area contributed by atoms with Gasteiger partial charge in [-0.05, 0) is 24.6 Å². The Balaban J connectivity index is 0.00000208. The summed E-state index contributed by atoms with van der Waals surface area (Å²) in [4.78, 5) is 12.6. The molecule has 4 N–H and O–H groups in total. The molecule has 0 aromatic heterocycles. The molecule has 3 unspecified atom stereocenters. The molecule has 0 aliphatic carbocycles. The number of halogens is 2. The lowest BCUT2D eigenvalue weighted by Gasteiger charge is -2.30. The monoisotopic (exact) mass is 416 g/mol. The summed E-state index contributed by atoms with van der Waals surface area (Å²) >= 11 is 3.61. The number of fused-ring (bicyclic) bond motifs is 1. The molecule has 24 heavy (non-hydrogen) atoms. The molecule has 2 fully saturated rings. The summed E-state index contributed by atoms with van der Waals surface area (Å²) < 4.78 is 1.08. The second-order valence-electron chi connectivity index (χ2n) is 7.11. The van der Waals surface area contributed by atoms with Gasteiger partial charge in [-0.1, -0.05) is 48.0 Å². The Bertz CT molecular complexity index is 583.